The number of piperazine rings is 1. The van der Waals surface area contributed by atoms with Crippen molar-refractivity contribution >= 4 is 40.7 Å². The summed E-state index contributed by atoms with van der Waals surface area (Å²) in [5.74, 6) is 0.713. The number of aromatic nitrogens is 3. The molecular weight excluding hydrogens is 473 g/mol. The molecule has 0 unspecified atom stereocenters. The standard InChI is InChI=1S/C27H32FN7O2/c1-7-18-14-20(25(36)33-24(18)17(2)28)31-23-10-11-29-26(32-23)30-19-8-9-21(22(15-19)37-6)35-13-12-34(5)27(3,4)16-35/h7-11,14-15H,1-2,12-13,16H2,3-6H3,(H,33,36)(H2,29,30,31,32). The van der Waals surface area contributed by atoms with E-state index >= 15 is 0 Å². The molecule has 10 heteroatoms. The second-order valence-corrected chi connectivity index (χ2v) is 9.51. The van der Waals surface area contributed by atoms with Crippen LogP contribution < -0.4 is 25.8 Å². The minimum atomic E-state index is -0.746. The lowest BCUT2D eigenvalue weighted by atomic mass is 9.99. The SMILES string of the molecule is C=Cc1cc(Nc2ccnc(Nc3ccc(N4CCN(C)C(C)(C)C4)c(OC)c3)n2)c(=O)[nH]c1C(=C)F. The maximum atomic E-state index is 13.6. The van der Waals surface area contributed by atoms with Crippen LogP contribution in [0.25, 0.3) is 11.9 Å². The number of methoxy groups -OCH3 is 1. The highest BCUT2D eigenvalue weighted by Gasteiger charge is 2.32. The van der Waals surface area contributed by atoms with Crippen molar-refractivity contribution < 1.29 is 9.13 Å². The monoisotopic (exact) mass is 505 g/mol. The quantitative estimate of drug-likeness (QED) is 0.403. The van der Waals surface area contributed by atoms with Gasteiger partial charge in [-0.25, -0.2) is 9.37 Å². The number of benzene rings is 1. The maximum Gasteiger partial charge on any atom is 0.272 e. The predicted molar refractivity (Wildman–Crippen MR) is 148 cm³/mol. The van der Waals surface area contributed by atoms with Crippen molar-refractivity contribution in [3.05, 3.63) is 71.3 Å². The summed E-state index contributed by atoms with van der Waals surface area (Å²) in [6, 6.07) is 9.01. The third kappa shape index (κ3) is 5.64. The molecule has 1 saturated heterocycles. The van der Waals surface area contributed by atoms with Gasteiger partial charge in [0.05, 0.1) is 18.5 Å². The highest BCUT2D eigenvalue weighted by molar-refractivity contribution is 5.71. The van der Waals surface area contributed by atoms with E-state index in [9.17, 15) is 9.18 Å². The maximum absolute atomic E-state index is 13.6. The van der Waals surface area contributed by atoms with Gasteiger partial charge in [-0.05, 0) is 45.2 Å². The smallest absolute Gasteiger partial charge is 0.272 e. The topological polar surface area (TPSA) is 98.4 Å². The van der Waals surface area contributed by atoms with Gasteiger partial charge in [0, 0.05) is 48.7 Å². The highest BCUT2D eigenvalue weighted by atomic mass is 19.1. The van der Waals surface area contributed by atoms with Gasteiger partial charge in [0.2, 0.25) is 5.95 Å². The number of hydrogen-bond acceptors (Lipinski definition) is 8. The molecule has 9 nitrogen and oxygen atoms in total. The van der Waals surface area contributed by atoms with Gasteiger partial charge in [0.15, 0.2) is 0 Å². The zero-order valence-corrected chi connectivity index (χ0v) is 21.6. The van der Waals surface area contributed by atoms with Crippen LogP contribution in [-0.2, 0) is 0 Å². The summed E-state index contributed by atoms with van der Waals surface area (Å²) < 4.78 is 19.3. The second-order valence-electron chi connectivity index (χ2n) is 9.51. The first kappa shape index (κ1) is 25.9. The van der Waals surface area contributed by atoms with Crippen molar-refractivity contribution in [1.82, 2.24) is 19.9 Å². The van der Waals surface area contributed by atoms with Crippen LogP contribution in [0.5, 0.6) is 5.75 Å². The van der Waals surface area contributed by atoms with E-state index in [2.05, 4.69) is 69.4 Å². The van der Waals surface area contributed by atoms with E-state index < -0.39 is 11.4 Å². The van der Waals surface area contributed by atoms with Crippen LogP contribution in [-0.4, -0.2) is 59.2 Å². The summed E-state index contributed by atoms with van der Waals surface area (Å²) in [5, 5.41) is 6.14. The number of nitrogens with one attached hydrogen (secondary N) is 3. The van der Waals surface area contributed by atoms with Crippen LogP contribution in [0, 0.1) is 0 Å². The van der Waals surface area contributed by atoms with Crippen LogP contribution >= 0.6 is 0 Å². The van der Waals surface area contributed by atoms with E-state index in [-0.39, 0.29) is 16.9 Å². The molecule has 0 atom stereocenters. The fourth-order valence-corrected chi connectivity index (χ4v) is 4.24. The minimum absolute atomic E-state index is 0.00637. The Morgan fingerprint density at radius 3 is 2.70 bits per heavy atom. The molecule has 3 heterocycles. The fourth-order valence-electron chi connectivity index (χ4n) is 4.24. The highest BCUT2D eigenvalue weighted by Crippen LogP contribution is 2.35. The van der Waals surface area contributed by atoms with Gasteiger partial charge >= 0.3 is 0 Å². The zero-order chi connectivity index (χ0) is 26.7. The van der Waals surface area contributed by atoms with Gasteiger partial charge in [0.25, 0.3) is 5.56 Å². The van der Waals surface area contributed by atoms with Crippen LogP contribution in [0.4, 0.5) is 33.2 Å². The van der Waals surface area contributed by atoms with E-state index in [1.165, 1.54) is 12.1 Å². The molecule has 4 rings (SSSR count). The molecule has 3 aromatic rings. The summed E-state index contributed by atoms with van der Waals surface area (Å²) in [6.07, 6.45) is 3.00. The number of anilines is 5. The summed E-state index contributed by atoms with van der Waals surface area (Å²) in [6.45, 7) is 14.1. The third-order valence-corrected chi connectivity index (χ3v) is 6.57. The van der Waals surface area contributed by atoms with Crippen molar-refractivity contribution in [2.75, 3.05) is 49.3 Å². The molecule has 3 N–H and O–H groups in total. The summed E-state index contributed by atoms with van der Waals surface area (Å²) >= 11 is 0. The lowest BCUT2D eigenvalue weighted by Gasteiger charge is -2.46. The van der Waals surface area contributed by atoms with Crippen LogP contribution in [0.15, 0.2) is 54.5 Å². The number of hydrogen-bond donors (Lipinski definition) is 3. The number of halogens is 1. The van der Waals surface area contributed by atoms with Gasteiger partial charge in [-0.2, -0.15) is 4.98 Å². The van der Waals surface area contributed by atoms with Gasteiger partial charge in [-0.3, -0.25) is 9.69 Å². The Balaban J connectivity index is 1.53. The molecule has 1 fully saturated rings. The average molecular weight is 506 g/mol. The number of aromatic amines is 1. The molecule has 0 radical (unpaired) electrons. The summed E-state index contributed by atoms with van der Waals surface area (Å²) in [5.41, 5.74) is 1.90. The van der Waals surface area contributed by atoms with Crippen molar-refractivity contribution in [2.24, 2.45) is 0 Å². The van der Waals surface area contributed by atoms with E-state index in [1.807, 2.05) is 18.2 Å². The van der Waals surface area contributed by atoms with E-state index in [0.29, 0.717) is 17.3 Å². The van der Waals surface area contributed by atoms with E-state index in [4.69, 9.17) is 4.74 Å². The van der Waals surface area contributed by atoms with Crippen LogP contribution in [0.2, 0.25) is 0 Å². The average Bonchev–Trinajstić information content (AvgIpc) is 2.86. The van der Waals surface area contributed by atoms with Gasteiger partial charge in [-0.15, -0.1) is 0 Å². The Kier molecular flexibility index (Phi) is 7.30. The van der Waals surface area contributed by atoms with Crippen molar-refractivity contribution in [2.45, 2.75) is 19.4 Å². The summed E-state index contributed by atoms with van der Waals surface area (Å²) in [4.78, 5) is 28.4. The first-order chi connectivity index (χ1) is 17.6. The second kappa shape index (κ2) is 10.4. The number of ether oxygens (including phenoxy) is 1. The molecule has 1 aliphatic rings. The molecule has 0 saturated carbocycles. The molecule has 37 heavy (non-hydrogen) atoms. The van der Waals surface area contributed by atoms with Gasteiger partial charge in [0.1, 0.15) is 23.1 Å². The number of pyridine rings is 1. The number of rotatable bonds is 8. The molecule has 0 spiro atoms. The van der Waals surface area contributed by atoms with E-state index in [0.717, 1.165) is 36.8 Å². The fraction of sp³-hybridized carbons (Fsp3) is 0.296. The first-order valence-corrected chi connectivity index (χ1v) is 11.9. The van der Waals surface area contributed by atoms with Crippen molar-refractivity contribution in [3.8, 4) is 5.75 Å². The Labute approximate surface area is 215 Å². The lowest BCUT2D eigenvalue weighted by molar-refractivity contribution is 0.138. The van der Waals surface area contributed by atoms with Gasteiger partial charge in [-0.1, -0.05) is 19.2 Å². The lowest BCUT2D eigenvalue weighted by Crippen LogP contribution is -2.57. The Morgan fingerprint density at radius 1 is 1.24 bits per heavy atom. The number of H-pyrrole nitrogens is 1. The Hall–Kier alpha value is -4.18. The summed E-state index contributed by atoms with van der Waals surface area (Å²) in [7, 11) is 3.80. The zero-order valence-electron chi connectivity index (χ0n) is 21.6. The molecule has 194 valence electrons. The molecule has 1 aromatic carbocycles. The largest absolute Gasteiger partial charge is 0.495 e. The van der Waals surface area contributed by atoms with E-state index in [1.54, 1.807) is 19.4 Å². The van der Waals surface area contributed by atoms with Crippen molar-refractivity contribution in [1.29, 1.82) is 0 Å². The first-order valence-electron chi connectivity index (χ1n) is 11.9. The van der Waals surface area contributed by atoms with Gasteiger partial charge < -0.3 is 25.3 Å². The molecular formula is C27H32FN7O2. The Bertz CT molecular complexity index is 1390. The number of nitrogens with zero attached hydrogens (tertiary/aromatic N) is 4. The number of likely N-dealkylation sites (N-methyl/N-ethyl adjacent to an activating group) is 1. The molecule has 0 amide bonds. The van der Waals surface area contributed by atoms with Crippen molar-refractivity contribution in [3.63, 3.8) is 0 Å². The minimum Gasteiger partial charge on any atom is -0.495 e. The molecule has 0 aliphatic carbocycles. The normalized spacial score (nSPS) is 15.2. The predicted octanol–water partition coefficient (Wildman–Crippen LogP) is 4.77. The molecule has 2 aromatic heterocycles. The third-order valence-electron chi connectivity index (χ3n) is 6.57. The van der Waals surface area contributed by atoms with Crippen LogP contribution in [0.3, 0.4) is 0 Å². The molecule has 0 bridgehead atoms. The van der Waals surface area contributed by atoms with Crippen LogP contribution in [0.1, 0.15) is 25.1 Å². The Morgan fingerprint density at radius 2 is 2.03 bits per heavy atom. The molecule has 1 aliphatic heterocycles.